The number of nitrogens with one attached hydrogen (secondary N) is 1. The number of nitrogens with two attached hydrogens (primary N) is 1. The zero-order valence-electron chi connectivity index (χ0n) is 18.2. The summed E-state index contributed by atoms with van der Waals surface area (Å²) < 4.78 is 0. The number of nitrogens with zero attached hydrogens (tertiary/aromatic N) is 2. The highest BCUT2D eigenvalue weighted by Crippen LogP contribution is 2.54. The third kappa shape index (κ3) is 3.70. The fourth-order valence-electron chi connectivity index (χ4n) is 5.09. The monoisotopic (exact) mass is 406 g/mol. The van der Waals surface area contributed by atoms with Crippen LogP contribution in [0, 0.1) is 26.4 Å². The summed E-state index contributed by atoms with van der Waals surface area (Å²) in [5, 5.41) is 19.1. The van der Waals surface area contributed by atoms with E-state index < -0.39 is 4.92 Å². The van der Waals surface area contributed by atoms with Gasteiger partial charge in [-0.05, 0) is 30.6 Å². The lowest BCUT2D eigenvalue weighted by Crippen LogP contribution is -2.47. The molecule has 1 aromatic carbocycles. The molecule has 0 amide bonds. The lowest BCUT2D eigenvalue weighted by molar-refractivity contribution is -0.384. The lowest BCUT2D eigenvalue weighted by atomic mass is 9.58. The minimum atomic E-state index is -0.434. The summed E-state index contributed by atoms with van der Waals surface area (Å²) in [5.41, 5.74) is 10.4. The molecule has 0 bridgehead atoms. The highest BCUT2D eigenvalue weighted by molar-refractivity contribution is 5.96. The molecule has 0 saturated heterocycles. The molecule has 3 rings (SSSR count). The summed E-state index contributed by atoms with van der Waals surface area (Å²) in [6.07, 6.45) is 9.36. The summed E-state index contributed by atoms with van der Waals surface area (Å²) in [6.45, 7) is 14.1. The molecule has 0 saturated carbocycles. The fraction of sp³-hybridized carbons (Fsp3) is 0.375. The predicted octanol–water partition coefficient (Wildman–Crippen LogP) is 5.12. The molecule has 0 fully saturated rings. The molecule has 0 aromatic heterocycles. The number of non-ortho nitro benzene ring substituents is 1. The van der Waals surface area contributed by atoms with Gasteiger partial charge < -0.3 is 10.6 Å². The van der Waals surface area contributed by atoms with E-state index in [9.17, 15) is 10.1 Å². The smallest absolute Gasteiger partial charge is 0.272 e. The number of amidine groups is 1. The first kappa shape index (κ1) is 21.6. The molecule has 158 valence electrons. The van der Waals surface area contributed by atoms with Crippen molar-refractivity contribution in [2.45, 2.75) is 34.1 Å². The Kier molecular flexibility index (Phi) is 5.46. The van der Waals surface area contributed by atoms with E-state index in [4.69, 9.17) is 11.1 Å². The normalized spacial score (nSPS) is 23.2. The topological polar surface area (TPSA) is 96.2 Å². The Hall–Kier alpha value is -3.15. The number of rotatable bonds is 5. The van der Waals surface area contributed by atoms with Crippen LogP contribution in [0.2, 0.25) is 0 Å². The molecule has 1 aromatic rings. The van der Waals surface area contributed by atoms with Crippen LogP contribution in [0.15, 0.2) is 65.8 Å². The van der Waals surface area contributed by atoms with Gasteiger partial charge in [0.25, 0.3) is 5.69 Å². The first-order valence-corrected chi connectivity index (χ1v) is 10.1. The maximum atomic E-state index is 11.4. The predicted molar refractivity (Wildman–Crippen MR) is 123 cm³/mol. The maximum Gasteiger partial charge on any atom is 0.272 e. The Morgan fingerprint density at radius 3 is 2.60 bits per heavy atom. The maximum absolute atomic E-state index is 11.4. The van der Waals surface area contributed by atoms with Gasteiger partial charge in [0.15, 0.2) is 0 Å². The SMILES string of the molecule is C=C/C=C(\C)C1=CCC2(C)CN(c3cc(C(=N)N)cc([N+](=O)[O-])c3)CC=C2C1(C)C. The first-order valence-electron chi connectivity index (χ1n) is 10.1. The van der Waals surface area contributed by atoms with Gasteiger partial charge in [-0.1, -0.05) is 57.2 Å². The zero-order chi connectivity index (χ0) is 22.3. The Morgan fingerprint density at radius 1 is 1.30 bits per heavy atom. The average molecular weight is 407 g/mol. The van der Waals surface area contributed by atoms with Crippen LogP contribution in [-0.4, -0.2) is 23.8 Å². The van der Waals surface area contributed by atoms with E-state index in [2.05, 4.69) is 57.4 Å². The molecule has 6 nitrogen and oxygen atoms in total. The van der Waals surface area contributed by atoms with Gasteiger partial charge >= 0.3 is 0 Å². The van der Waals surface area contributed by atoms with E-state index in [0.29, 0.717) is 12.1 Å². The van der Waals surface area contributed by atoms with Crippen molar-refractivity contribution in [3.05, 3.63) is 81.5 Å². The molecule has 3 N–H and O–H groups in total. The van der Waals surface area contributed by atoms with Crippen molar-refractivity contribution in [2.75, 3.05) is 18.0 Å². The zero-order valence-corrected chi connectivity index (χ0v) is 18.2. The number of benzene rings is 1. The standard InChI is InChI=1S/C24H30N4O2/c1-6-7-16(2)20-8-10-24(5)15-27(11-9-21(24)23(20,3)4)18-12-17(22(25)26)13-19(14-18)28(29)30/h6-9,12-14H,1,10-11,15H2,2-5H3,(H3,25,26)/b16-7+. The summed E-state index contributed by atoms with van der Waals surface area (Å²) in [6, 6.07) is 4.69. The third-order valence-corrected chi connectivity index (χ3v) is 6.39. The number of nitro groups is 1. The van der Waals surface area contributed by atoms with Crippen molar-refractivity contribution in [1.29, 1.82) is 5.41 Å². The number of fused-ring (bicyclic) bond motifs is 1. The Balaban J connectivity index is 2.01. The van der Waals surface area contributed by atoms with Gasteiger partial charge in [0.05, 0.1) is 4.92 Å². The molecule has 1 aliphatic carbocycles. The minimum absolute atomic E-state index is 0.0472. The molecule has 1 aliphatic heterocycles. The number of anilines is 1. The number of hydrogen-bond acceptors (Lipinski definition) is 4. The molecular weight excluding hydrogens is 376 g/mol. The first-order chi connectivity index (χ1) is 14.0. The second-order valence-corrected chi connectivity index (χ2v) is 9.00. The molecule has 0 radical (unpaired) electrons. The molecule has 1 atom stereocenters. The van der Waals surface area contributed by atoms with E-state index in [1.54, 1.807) is 12.1 Å². The van der Waals surface area contributed by atoms with E-state index in [-0.39, 0.29) is 22.4 Å². The molecule has 6 heteroatoms. The van der Waals surface area contributed by atoms with Gasteiger partial charge in [0.2, 0.25) is 0 Å². The molecule has 1 unspecified atom stereocenters. The van der Waals surface area contributed by atoms with Crippen LogP contribution in [0.25, 0.3) is 0 Å². The largest absolute Gasteiger partial charge is 0.384 e. The third-order valence-electron chi connectivity index (χ3n) is 6.39. The number of allylic oxidation sites excluding steroid dienone is 5. The second-order valence-electron chi connectivity index (χ2n) is 9.00. The molecule has 1 heterocycles. The molecule has 0 spiro atoms. The summed E-state index contributed by atoms with van der Waals surface area (Å²) in [5.74, 6) is -0.171. The fourth-order valence-corrected chi connectivity index (χ4v) is 5.09. The molecule has 2 aliphatic rings. The van der Waals surface area contributed by atoms with Gasteiger partial charge in [-0.25, -0.2) is 0 Å². The second kappa shape index (κ2) is 7.59. The van der Waals surface area contributed by atoms with Crippen molar-refractivity contribution in [2.24, 2.45) is 16.6 Å². The van der Waals surface area contributed by atoms with Crippen LogP contribution >= 0.6 is 0 Å². The molecule has 30 heavy (non-hydrogen) atoms. The van der Waals surface area contributed by atoms with Crippen molar-refractivity contribution in [3.8, 4) is 0 Å². The van der Waals surface area contributed by atoms with E-state index >= 15 is 0 Å². The summed E-state index contributed by atoms with van der Waals surface area (Å²) in [7, 11) is 0. The van der Waals surface area contributed by atoms with Crippen LogP contribution in [0.5, 0.6) is 0 Å². The highest BCUT2D eigenvalue weighted by Gasteiger charge is 2.45. The van der Waals surface area contributed by atoms with Crippen LogP contribution in [0.1, 0.15) is 39.7 Å². The number of nitrogen functional groups attached to an aromatic ring is 1. The number of hydrogen-bond donors (Lipinski definition) is 2. The van der Waals surface area contributed by atoms with E-state index in [1.807, 2.05) is 6.08 Å². The molecular formula is C24H30N4O2. The van der Waals surface area contributed by atoms with Gasteiger partial charge in [-0.2, -0.15) is 0 Å². The van der Waals surface area contributed by atoms with Crippen molar-refractivity contribution in [1.82, 2.24) is 0 Å². The van der Waals surface area contributed by atoms with Gasteiger partial charge in [0, 0.05) is 47.3 Å². The van der Waals surface area contributed by atoms with Gasteiger partial charge in [-0.3, -0.25) is 15.5 Å². The number of nitro benzene ring substituents is 1. The van der Waals surface area contributed by atoms with Crippen molar-refractivity contribution in [3.63, 3.8) is 0 Å². The Bertz CT molecular complexity index is 984. The van der Waals surface area contributed by atoms with E-state index in [0.717, 1.165) is 18.7 Å². The van der Waals surface area contributed by atoms with Crippen molar-refractivity contribution >= 4 is 17.2 Å². The van der Waals surface area contributed by atoms with Crippen LogP contribution in [0.3, 0.4) is 0 Å². The Labute approximate surface area is 178 Å². The van der Waals surface area contributed by atoms with Crippen LogP contribution in [-0.2, 0) is 0 Å². The van der Waals surface area contributed by atoms with Gasteiger partial charge in [-0.15, -0.1) is 0 Å². The van der Waals surface area contributed by atoms with Crippen LogP contribution < -0.4 is 10.6 Å². The van der Waals surface area contributed by atoms with E-state index in [1.165, 1.54) is 22.8 Å². The average Bonchev–Trinajstić information content (AvgIpc) is 2.66. The van der Waals surface area contributed by atoms with Crippen LogP contribution in [0.4, 0.5) is 11.4 Å². The highest BCUT2D eigenvalue weighted by atomic mass is 16.6. The van der Waals surface area contributed by atoms with Gasteiger partial charge in [0.1, 0.15) is 5.84 Å². The van der Waals surface area contributed by atoms with Crippen molar-refractivity contribution < 1.29 is 4.92 Å². The summed E-state index contributed by atoms with van der Waals surface area (Å²) in [4.78, 5) is 13.1. The minimum Gasteiger partial charge on any atom is -0.384 e. The quantitative estimate of drug-likeness (QED) is 0.177. The summed E-state index contributed by atoms with van der Waals surface area (Å²) >= 11 is 0. The lowest BCUT2D eigenvalue weighted by Gasteiger charge is -2.51. The Morgan fingerprint density at radius 2 is 2.00 bits per heavy atom.